The number of carboxylic acids is 1. The summed E-state index contributed by atoms with van der Waals surface area (Å²) in [4.78, 5) is 22.3. The van der Waals surface area contributed by atoms with Gasteiger partial charge in [0.15, 0.2) is 0 Å². The molecule has 1 aromatic heterocycles. The van der Waals surface area contributed by atoms with Crippen molar-refractivity contribution in [1.29, 1.82) is 0 Å². The summed E-state index contributed by atoms with van der Waals surface area (Å²) >= 11 is 0. The third kappa shape index (κ3) is 3.61. The van der Waals surface area contributed by atoms with Crippen molar-refractivity contribution >= 4 is 12.1 Å². The second kappa shape index (κ2) is 6.42. The van der Waals surface area contributed by atoms with Crippen LogP contribution in [0.4, 0.5) is 4.79 Å². The van der Waals surface area contributed by atoms with Crippen molar-refractivity contribution in [3.63, 3.8) is 0 Å². The van der Waals surface area contributed by atoms with Gasteiger partial charge < -0.3 is 19.6 Å². The molecule has 0 aliphatic heterocycles. The number of carbonyl (C=O) groups is 2. The lowest BCUT2D eigenvalue weighted by Crippen LogP contribution is -2.24. The first-order valence-electron chi connectivity index (χ1n) is 5.91. The van der Waals surface area contributed by atoms with Crippen molar-refractivity contribution in [3.8, 4) is 0 Å². The van der Waals surface area contributed by atoms with Crippen LogP contribution in [0.2, 0.25) is 0 Å². The number of aromatic carboxylic acids is 1. The largest absolute Gasteiger partial charge is 0.475 e. The molecule has 0 bridgehead atoms. The minimum Gasteiger partial charge on any atom is -0.475 e. The van der Waals surface area contributed by atoms with Gasteiger partial charge in [0.1, 0.15) is 6.61 Å². The van der Waals surface area contributed by atoms with Crippen LogP contribution in [0, 0.1) is 0 Å². The van der Waals surface area contributed by atoms with E-state index >= 15 is 0 Å². The number of nitrogens with one attached hydrogen (secondary N) is 1. The molecule has 0 unspecified atom stereocenters. The van der Waals surface area contributed by atoms with Gasteiger partial charge >= 0.3 is 12.1 Å². The van der Waals surface area contributed by atoms with Gasteiger partial charge in [-0.25, -0.2) is 9.59 Å². The normalized spacial score (nSPS) is 10.0. The lowest BCUT2D eigenvalue weighted by atomic mass is 10.2. The molecule has 20 heavy (non-hydrogen) atoms. The van der Waals surface area contributed by atoms with E-state index in [1.165, 1.54) is 12.3 Å². The first-order chi connectivity index (χ1) is 9.66. The molecule has 0 aliphatic rings. The van der Waals surface area contributed by atoms with Crippen LogP contribution < -0.4 is 5.32 Å². The highest BCUT2D eigenvalue weighted by Gasteiger charge is 2.14. The smallest absolute Gasteiger partial charge is 0.407 e. The van der Waals surface area contributed by atoms with E-state index in [2.05, 4.69) is 5.32 Å². The van der Waals surface area contributed by atoms with Gasteiger partial charge in [-0.2, -0.15) is 0 Å². The molecular weight excluding hydrogens is 262 g/mol. The van der Waals surface area contributed by atoms with Crippen molar-refractivity contribution in [1.82, 2.24) is 5.32 Å². The van der Waals surface area contributed by atoms with Crippen molar-refractivity contribution < 1.29 is 23.8 Å². The lowest BCUT2D eigenvalue weighted by Gasteiger charge is -2.06. The average molecular weight is 275 g/mol. The third-order valence-corrected chi connectivity index (χ3v) is 2.58. The molecule has 1 heterocycles. The summed E-state index contributed by atoms with van der Waals surface area (Å²) < 4.78 is 9.79. The Balaban J connectivity index is 1.80. The lowest BCUT2D eigenvalue weighted by molar-refractivity contribution is 0.0660. The molecule has 6 nitrogen and oxygen atoms in total. The monoisotopic (exact) mass is 275 g/mol. The highest BCUT2D eigenvalue weighted by molar-refractivity contribution is 5.86. The predicted molar refractivity (Wildman–Crippen MR) is 69.1 cm³/mol. The molecule has 0 atom stereocenters. The first kappa shape index (κ1) is 13.7. The van der Waals surface area contributed by atoms with Gasteiger partial charge in [-0.3, -0.25) is 0 Å². The minimum atomic E-state index is -1.18. The van der Waals surface area contributed by atoms with Crippen LogP contribution >= 0.6 is 0 Å². The summed E-state index contributed by atoms with van der Waals surface area (Å²) in [5.74, 6) is -1.36. The van der Waals surface area contributed by atoms with Crippen molar-refractivity contribution in [3.05, 3.63) is 59.5 Å². The molecular formula is C14H13NO5. The molecule has 0 radical (unpaired) electrons. The molecule has 2 rings (SSSR count). The average Bonchev–Trinajstić information content (AvgIpc) is 2.92. The van der Waals surface area contributed by atoms with Gasteiger partial charge in [0.25, 0.3) is 0 Å². The molecule has 0 saturated heterocycles. The van der Waals surface area contributed by atoms with E-state index in [9.17, 15) is 9.59 Å². The maximum Gasteiger partial charge on any atom is 0.407 e. The predicted octanol–water partition coefficient (Wildman–Crippen LogP) is 2.40. The fourth-order valence-corrected chi connectivity index (χ4v) is 1.60. The van der Waals surface area contributed by atoms with E-state index in [1.54, 1.807) is 0 Å². The zero-order valence-corrected chi connectivity index (χ0v) is 10.5. The van der Waals surface area contributed by atoms with Crippen LogP contribution in [0.15, 0.2) is 47.1 Å². The zero-order chi connectivity index (χ0) is 14.4. The number of hydrogen-bond acceptors (Lipinski definition) is 4. The number of ether oxygens (including phenoxy) is 1. The Morgan fingerprint density at radius 1 is 1.20 bits per heavy atom. The second-order valence-electron chi connectivity index (χ2n) is 4.00. The standard InChI is InChI=1S/C14H13NO5/c16-13(17)12-11(6-7-19-12)8-15-14(18)20-9-10-4-2-1-3-5-10/h1-7H,8-9H2,(H,15,18)(H,16,17). The summed E-state index contributed by atoms with van der Waals surface area (Å²) in [5, 5.41) is 11.3. The summed E-state index contributed by atoms with van der Waals surface area (Å²) in [7, 11) is 0. The third-order valence-electron chi connectivity index (χ3n) is 2.58. The van der Waals surface area contributed by atoms with Crippen LogP contribution in [0.3, 0.4) is 0 Å². The quantitative estimate of drug-likeness (QED) is 0.874. The molecule has 104 valence electrons. The summed E-state index contributed by atoms with van der Waals surface area (Å²) in [6.45, 7) is 0.190. The number of carboxylic acid groups (broad SMARTS) is 1. The van der Waals surface area contributed by atoms with E-state index in [0.29, 0.717) is 5.56 Å². The van der Waals surface area contributed by atoms with E-state index in [1.807, 2.05) is 30.3 Å². The van der Waals surface area contributed by atoms with Crippen LogP contribution in [0.1, 0.15) is 21.7 Å². The number of furan rings is 1. The Labute approximate surface area is 115 Å². The summed E-state index contributed by atoms with van der Waals surface area (Å²) in [6.07, 6.45) is 0.641. The highest BCUT2D eigenvalue weighted by Crippen LogP contribution is 2.10. The van der Waals surface area contributed by atoms with E-state index in [0.717, 1.165) is 5.56 Å². The van der Waals surface area contributed by atoms with E-state index in [-0.39, 0.29) is 18.9 Å². The van der Waals surface area contributed by atoms with Crippen molar-refractivity contribution in [2.45, 2.75) is 13.2 Å². The maximum atomic E-state index is 11.5. The SMILES string of the molecule is O=C(NCc1ccoc1C(=O)O)OCc1ccccc1. The Bertz CT molecular complexity index is 591. The second-order valence-corrected chi connectivity index (χ2v) is 4.00. The number of rotatable bonds is 5. The molecule has 0 spiro atoms. The fraction of sp³-hybridized carbons (Fsp3) is 0.143. The number of benzene rings is 1. The molecule has 0 saturated carbocycles. The molecule has 1 aromatic carbocycles. The van der Waals surface area contributed by atoms with Crippen LogP contribution in [0.25, 0.3) is 0 Å². The Kier molecular flexibility index (Phi) is 4.39. The van der Waals surface area contributed by atoms with Gasteiger partial charge in [0.05, 0.1) is 12.8 Å². The molecule has 2 N–H and O–H groups in total. The van der Waals surface area contributed by atoms with Gasteiger partial charge in [-0.1, -0.05) is 30.3 Å². The Morgan fingerprint density at radius 3 is 2.65 bits per heavy atom. The molecule has 2 aromatic rings. The number of amides is 1. The summed E-state index contributed by atoms with van der Waals surface area (Å²) in [5.41, 5.74) is 1.26. The van der Waals surface area contributed by atoms with Gasteiger partial charge in [0.2, 0.25) is 5.76 Å². The molecule has 1 amide bonds. The van der Waals surface area contributed by atoms with Gasteiger partial charge in [0, 0.05) is 5.56 Å². The number of alkyl carbamates (subject to hydrolysis) is 1. The van der Waals surface area contributed by atoms with Gasteiger partial charge in [-0.15, -0.1) is 0 Å². The number of hydrogen-bond donors (Lipinski definition) is 2. The minimum absolute atomic E-state index is 0.0335. The Morgan fingerprint density at radius 2 is 1.95 bits per heavy atom. The molecule has 6 heteroatoms. The Hall–Kier alpha value is -2.76. The molecule has 0 aliphatic carbocycles. The van der Waals surface area contributed by atoms with Crippen LogP contribution in [0.5, 0.6) is 0 Å². The fourth-order valence-electron chi connectivity index (χ4n) is 1.60. The van der Waals surface area contributed by atoms with Crippen molar-refractivity contribution in [2.75, 3.05) is 0 Å². The first-order valence-corrected chi connectivity index (χ1v) is 5.91. The zero-order valence-electron chi connectivity index (χ0n) is 10.5. The van der Waals surface area contributed by atoms with Crippen molar-refractivity contribution in [2.24, 2.45) is 0 Å². The topological polar surface area (TPSA) is 88.8 Å². The maximum absolute atomic E-state index is 11.5. The van der Waals surface area contributed by atoms with E-state index < -0.39 is 12.1 Å². The number of carbonyl (C=O) groups excluding carboxylic acids is 1. The van der Waals surface area contributed by atoms with Crippen LogP contribution in [-0.4, -0.2) is 17.2 Å². The highest BCUT2D eigenvalue weighted by atomic mass is 16.5. The van der Waals surface area contributed by atoms with Gasteiger partial charge in [-0.05, 0) is 11.6 Å². The molecule has 0 fully saturated rings. The van der Waals surface area contributed by atoms with E-state index in [4.69, 9.17) is 14.3 Å². The van der Waals surface area contributed by atoms with Crippen LogP contribution in [-0.2, 0) is 17.9 Å². The summed E-state index contributed by atoms with van der Waals surface area (Å²) in [6, 6.07) is 10.7.